The number of carbonyl (C=O) groups is 1. The Balaban J connectivity index is 1.37. The summed E-state index contributed by atoms with van der Waals surface area (Å²) >= 11 is 0. The Morgan fingerprint density at radius 3 is 2.50 bits per heavy atom. The lowest BCUT2D eigenvalue weighted by atomic mass is 10.1. The molecule has 0 spiro atoms. The van der Waals surface area contributed by atoms with E-state index in [1.165, 1.54) is 0 Å². The summed E-state index contributed by atoms with van der Waals surface area (Å²) in [4.78, 5) is 11.6. The van der Waals surface area contributed by atoms with Crippen molar-refractivity contribution >= 4 is 16.9 Å². The number of rotatable bonds is 6. The fourth-order valence-corrected chi connectivity index (χ4v) is 4.21. The van der Waals surface area contributed by atoms with Gasteiger partial charge in [-0.15, -0.1) is 5.10 Å². The van der Waals surface area contributed by atoms with Gasteiger partial charge in [-0.1, -0.05) is 53.7 Å². The topological polar surface area (TPSA) is 97.9 Å². The summed E-state index contributed by atoms with van der Waals surface area (Å²) in [5.74, 6) is -0.535. The molecule has 1 saturated carbocycles. The molecular weight excluding hydrogens is 428 g/mol. The van der Waals surface area contributed by atoms with Crippen molar-refractivity contribution in [1.82, 2.24) is 30.3 Å². The van der Waals surface area contributed by atoms with Gasteiger partial charge in [0.1, 0.15) is 5.52 Å². The molecule has 0 bridgehead atoms. The number of benzene rings is 3. The number of hydrogen-bond acceptors (Lipinski definition) is 5. The van der Waals surface area contributed by atoms with Crippen LogP contribution in [0.25, 0.3) is 33.5 Å². The fourth-order valence-electron chi connectivity index (χ4n) is 4.21. The van der Waals surface area contributed by atoms with Gasteiger partial charge in [-0.2, -0.15) is 5.10 Å². The molecular formula is C26H22N6O2. The molecule has 2 N–H and O–H groups in total. The third-order valence-electron chi connectivity index (χ3n) is 6.16. The second-order valence-electron chi connectivity index (χ2n) is 8.55. The van der Waals surface area contributed by atoms with Gasteiger partial charge < -0.3 is 0 Å². The zero-order valence-corrected chi connectivity index (χ0v) is 18.3. The van der Waals surface area contributed by atoms with Gasteiger partial charge in [0, 0.05) is 11.1 Å². The van der Waals surface area contributed by atoms with Gasteiger partial charge in [0.2, 0.25) is 0 Å². The smallest absolute Gasteiger partial charge is 0.274 e. The summed E-state index contributed by atoms with van der Waals surface area (Å²) in [6.45, 7) is 0.533. The molecule has 0 saturated heterocycles. The average Bonchev–Trinajstić information content (AvgIpc) is 3.50. The van der Waals surface area contributed by atoms with Crippen molar-refractivity contribution in [2.45, 2.75) is 25.4 Å². The fraction of sp³-hybridized carbons (Fsp3) is 0.154. The number of hydrogen-bond donors (Lipinski definition) is 2. The zero-order valence-electron chi connectivity index (χ0n) is 18.3. The van der Waals surface area contributed by atoms with E-state index in [-0.39, 0.29) is 0 Å². The molecule has 1 aliphatic rings. The molecule has 8 nitrogen and oxygen atoms in total. The minimum absolute atomic E-state index is 0.392. The van der Waals surface area contributed by atoms with E-state index in [4.69, 9.17) is 10.3 Å². The van der Waals surface area contributed by atoms with Crippen LogP contribution >= 0.6 is 0 Å². The molecule has 1 fully saturated rings. The molecule has 0 aliphatic heterocycles. The van der Waals surface area contributed by atoms with Crippen LogP contribution in [-0.4, -0.2) is 35.9 Å². The summed E-state index contributed by atoms with van der Waals surface area (Å²) in [5, 5.41) is 22.5. The van der Waals surface area contributed by atoms with Crippen molar-refractivity contribution in [3.63, 3.8) is 0 Å². The van der Waals surface area contributed by atoms with Crippen molar-refractivity contribution < 1.29 is 10.0 Å². The summed E-state index contributed by atoms with van der Waals surface area (Å²) in [6, 6.07) is 26.0. The summed E-state index contributed by atoms with van der Waals surface area (Å²) in [6.07, 6.45) is 2.33. The van der Waals surface area contributed by atoms with E-state index in [9.17, 15) is 4.79 Å². The van der Waals surface area contributed by atoms with Crippen molar-refractivity contribution in [3.8, 4) is 22.5 Å². The van der Waals surface area contributed by atoms with Gasteiger partial charge in [0.15, 0.2) is 0 Å². The number of nitrogens with zero attached hydrogens (tertiary/aromatic N) is 5. The molecule has 1 aliphatic carbocycles. The van der Waals surface area contributed by atoms with Crippen LogP contribution in [0.3, 0.4) is 0 Å². The number of amides is 1. The average molecular weight is 451 g/mol. The molecule has 6 rings (SSSR count). The number of nitrogens with one attached hydrogen (secondary N) is 1. The van der Waals surface area contributed by atoms with Crippen LogP contribution in [0.4, 0.5) is 0 Å². The van der Waals surface area contributed by atoms with E-state index < -0.39 is 5.91 Å². The van der Waals surface area contributed by atoms with Crippen LogP contribution in [0.1, 0.15) is 34.8 Å². The Labute approximate surface area is 195 Å². The van der Waals surface area contributed by atoms with Gasteiger partial charge in [-0.25, -0.2) is 10.2 Å². The van der Waals surface area contributed by atoms with Crippen LogP contribution in [0.15, 0.2) is 78.9 Å². The van der Waals surface area contributed by atoms with Crippen LogP contribution in [-0.2, 0) is 6.54 Å². The summed E-state index contributed by atoms with van der Waals surface area (Å²) in [5.41, 5.74) is 8.88. The maximum atomic E-state index is 11.6. The standard InChI is InChI=1S/C26H22N6O2/c33-26(29-34)19-8-6-17(7-9-19)16-31-25(18-4-2-1-3-5-18)15-22(28-31)20-10-13-24-23(14-20)27-30-32(24)21-11-12-21/h1-10,13-15,21,34H,11-12,16H2,(H,29,33). The van der Waals surface area contributed by atoms with Gasteiger partial charge >= 0.3 is 0 Å². The van der Waals surface area contributed by atoms with Gasteiger partial charge in [-0.3, -0.25) is 14.7 Å². The van der Waals surface area contributed by atoms with E-state index in [2.05, 4.69) is 40.6 Å². The predicted octanol–water partition coefficient (Wildman–Crippen LogP) is 4.46. The minimum Gasteiger partial charge on any atom is -0.288 e. The molecule has 2 aromatic heterocycles. The Bertz CT molecular complexity index is 1480. The third kappa shape index (κ3) is 3.74. The maximum absolute atomic E-state index is 11.6. The largest absolute Gasteiger partial charge is 0.288 e. The molecule has 0 unspecified atom stereocenters. The maximum Gasteiger partial charge on any atom is 0.274 e. The molecule has 0 radical (unpaired) electrons. The molecule has 8 heteroatoms. The van der Waals surface area contributed by atoms with Crippen LogP contribution in [0.2, 0.25) is 0 Å². The Morgan fingerprint density at radius 2 is 1.76 bits per heavy atom. The highest BCUT2D eigenvalue weighted by atomic mass is 16.5. The van der Waals surface area contributed by atoms with Gasteiger partial charge in [0.25, 0.3) is 5.91 Å². The van der Waals surface area contributed by atoms with Crippen molar-refractivity contribution in [2.24, 2.45) is 0 Å². The van der Waals surface area contributed by atoms with Crippen LogP contribution in [0.5, 0.6) is 0 Å². The number of hydroxylamine groups is 1. The predicted molar refractivity (Wildman–Crippen MR) is 127 cm³/mol. The SMILES string of the molecule is O=C(NO)c1ccc(Cn2nc(-c3ccc4c(c3)nnn4C3CC3)cc2-c2ccccc2)cc1. The first-order chi connectivity index (χ1) is 16.7. The van der Waals surface area contributed by atoms with E-state index in [1.807, 2.05) is 45.8 Å². The number of carbonyl (C=O) groups excluding carboxylic acids is 1. The Kier molecular flexibility index (Phi) is 4.92. The highest BCUT2D eigenvalue weighted by Gasteiger charge is 2.26. The van der Waals surface area contributed by atoms with E-state index in [0.717, 1.165) is 52.0 Å². The summed E-state index contributed by atoms with van der Waals surface area (Å²) < 4.78 is 3.99. The van der Waals surface area contributed by atoms with Crippen LogP contribution < -0.4 is 5.48 Å². The van der Waals surface area contributed by atoms with Crippen molar-refractivity contribution in [2.75, 3.05) is 0 Å². The van der Waals surface area contributed by atoms with Gasteiger partial charge in [0.05, 0.1) is 29.5 Å². The molecule has 3 aromatic carbocycles. The monoisotopic (exact) mass is 450 g/mol. The molecule has 2 heterocycles. The molecule has 1 amide bonds. The normalized spacial score (nSPS) is 13.3. The zero-order chi connectivity index (χ0) is 23.1. The first-order valence-electron chi connectivity index (χ1n) is 11.2. The minimum atomic E-state index is -0.535. The second kappa shape index (κ2) is 8.24. The second-order valence-corrected chi connectivity index (χ2v) is 8.55. The highest BCUT2D eigenvalue weighted by molar-refractivity contribution is 5.93. The van der Waals surface area contributed by atoms with Crippen molar-refractivity contribution in [1.29, 1.82) is 0 Å². The quantitative estimate of drug-likeness (QED) is 0.294. The van der Waals surface area contributed by atoms with Crippen molar-refractivity contribution in [3.05, 3.63) is 90.0 Å². The van der Waals surface area contributed by atoms with E-state index in [0.29, 0.717) is 18.2 Å². The van der Waals surface area contributed by atoms with Crippen LogP contribution in [0, 0.1) is 0 Å². The first-order valence-corrected chi connectivity index (χ1v) is 11.2. The van der Waals surface area contributed by atoms with E-state index in [1.54, 1.807) is 17.6 Å². The lowest BCUT2D eigenvalue weighted by Gasteiger charge is -2.08. The number of fused-ring (bicyclic) bond motifs is 1. The Morgan fingerprint density at radius 1 is 0.971 bits per heavy atom. The lowest BCUT2D eigenvalue weighted by molar-refractivity contribution is 0.0706. The molecule has 168 valence electrons. The Hall–Kier alpha value is -4.30. The molecule has 5 aromatic rings. The molecule has 0 atom stereocenters. The first kappa shape index (κ1) is 20.3. The van der Waals surface area contributed by atoms with E-state index >= 15 is 0 Å². The number of aromatic nitrogens is 5. The highest BCUT2D eigenvalue weighted by Crippen LogP contribution is 2.37. The van der Waals surface area contributed by atoms with Gasteiger partial charge in [-0.05, 0) is 54.3 Å². The summed E-state index contributed by atoms with van der Waals surface area (Å²) in [7, 11) is 0. The molecule has 34 heavy (non-hydrogen) atoms. The lowest BCUT2D eigenvalue weighted by Crippen LogP contribution is -2.18. The third-order valence-corrected chi connectivity index (χ3v) is 6.16.